The van der Waals surface area contributed by atoms with Crippen molar-refractivity contribution in [3.8, 4) is 0 Å². The first-order valence-electron chi connectivity index (χ1n) is 5.42. The molecule has 0 spiro atoms. The van der Waals surface area contributed by atoms with Crippen molar-refractivity contribution in [2.45, 2.75) is 13.3 Å². The Balaban J connectivity index is 2.89. The maximum atomic E-state index is 13.4. The van der Waals surface area contributed by atoms with Crippen LogP contribution in [0.15, 0.2) is 18.2 Å². The largest absolute Gasteiger partial charge is 0.481 e. The van der Waals surface area contributed by atoms with Crippen LogP contribution in [-0.4, -0.2) is 35.0 Å². The zero-order valence-corrected chi connectivity index (χ0v) is 9.82. The van der Waals surface area contributed by atoms with Gasteiger partial charge in [-0.1, -0.05) is 6.07 Å². The van der Waals surface area contributed by atoms with E-state index in [1.807, 2.05) is 0 Å². The Kier molecular flexibility index (Phi) is 4.76. The van der Waals surface area contributed by atoms with Crippen molar-refractivity contribution < 1.29 is 23.5 Å². The third-order valence-corrected chi connectivity index (χ3v) is 2.45. The predicted molar refractivity (Wildman–Crippen MR) is 60.2 cm³/mol. The van der Waals surface area contributed by atoms with E-state index in [1.54, 1.807) is 6.92 Å². The lowest BCUT2D eigenvalue weighted by Gasteiger charge is -2.20. The van der Waals surface area contributed by atoms with Crippen LogP contribution in [0.25, 0.3) is 0 Å². The Morgan fingerprint density at radius 1 is 1.33 bits per heavy atom. The number of hydrogen-bond donors (Lipinski definition) is 1. The number of carboxylic acids is 1. The molecule has 4 nitrogen and oxygen atoms in total. The number of carbonyl (C=O) groups is 2. The van der Waals surface area contributed by atoms with Gasteiger partial charge in [-0.2, -0.15) is 0 Å². The normalized spacial score (nSPS) is 10.2. The van der Waals surface area contributed by atoms with Crippen LogP contribution in [0.2, 0.25) is 0 Å². The Morgan fingerprint density at radius 2 is 2.00 bits per heavy atom. The maximum Gasteiger partial charge on any atom is 0.305 e. The first kappa shape index (κ1) is 14.1. The van der Waals surface area contributed by atoms with Crippen LogP contribution in [0.4, 0.5) is 8.78 Å². The van der Waals surface area contributed by atoms with Crippen molar-refractivity contribution in [3.05, 3.63) is 35.4 Å². The molecule has 0 saturated heterocycles. The molecule has 1 rings (SSSR count). The number of carboxylic acid groups (broad SMARTS) is 1. The average Bonchev–Trinajstić information content (AvgIpc) is 2.32. The van der Waals surface area contributed by atoms with Crippen LogP contribution in [-0.2, 0) is 4.79 Å². The number of halogens is 2. The smallest absolute Gasteiger partial charge is 0.305 e. The highest BCUT2D eigenvalue weighted by atomic mass is 19.2. The van der Waals surface area contributed by atoms with Crippen molar-refractivity contribution in [3.63, 3.8) is 0 Å². The van der Waals surface area contributed by atoms with Gasteiger partial charge in [0.1, 0.15) is 0 Å². The van der Waals surface area contributed by atoms with Gasteiger partial charge in [-0.05, 0) is 19.1 Å². The van der Waals surface area contributed by atoms with E-state index in [1.165, 1.54) is 12.1 Å². The van der Waals surface area contributed by atoms with E-state index in [-0.39, 0.29) is 25.1 Å². The first-order chi connectivity index (χ1) is 8.47. The molecule has 0 aliphatic carbocycles. The fourth-order valence-corrected chi connectivity index (χ4v) is 1.47. The molecule has 0 aliphatic rings. The molecule has 0 aliphatic heterocycles. The SMILES string of the molecule is CCN(CCC(=O)O)C(=O)c1cccc(F)c1F. The van der Waals surface area contributed by atoms with Gasteiger partial charge in [-0.15, -0.1) is 0 Å². The molecule has 98 valence electrons. The second-order valence-corrected chi connectivity index (χ2v) is 3.63. The number of amides is 1. The highest BCUT2D eigenvalue weighted by Crippen LogP contribution is 2.14. The van der Waals surface area contributed by atoms with E-state index in [0.29, 0.717) is 0 Å². The molecule has 0 heterocycles. The summed E-state index contributed by atoms with van der Waals surface area (Å²) in [5.41, 5.74) is -0.387. The van der Waals surface area contributed by atoms with Crippen molar-refractivity contribution in [1.82, 2.24) is 4.90 Å². The second-order valence-electron chi connectivity index (χ2n) is 3.63. The summed E-state index contributed by atoms with van der Waals surface area (Å²) in [5, 5.41) is 8.54. The Bertz CT molecular complexity index is 463. The second kappa shape index (κ2) is 6.09. The molecule has 1 N–H and O–H groups in total. The summed E-state index contributed by atoms with van der Waals surface area (Å²) < 4.78 is 26.4. The van der Waals surface area contributed by atoms with E-state index < -0.39 is 23.5 Å². The van der Waals surface area contributed by atoms with Crippen LogP contribution >= 0.6 is 0 Å². The van der Waals surface area contributed by atoms with Gasteiger partial charge in [-0.3, -0.25) is 9.59 Å². The molecule has 0 radical (unpaired) electrons. The molecule has 0 unspecified atom stereocenters. The van der Waals surface area contributed by atoms with Crippen molar-refractivity contribution >= 4 is 11.9 Å². The van der Waals surface area contributed by atoms with Crippen LogP contribution < -0.4 is 0 Å². The summed E-state index contributed by atoms with van der Waals surface area (Å²) in [4.78, 5) is 23.5. The minimum absolute atomic E-state index is 0.0411. The van der Waals surface area contributed by atoms with Crippen molar-refractivity contribution in [2.24, 2.45) is 0 Å². The van der Waals surface area contributed by atoms with Gasteiger partial charge >= 0.3 is 5.97 Å². The Morgan fingerprint density at radius 3 is 2.56 bits per heavy atom. The molecule has 1 aromatic carbocycles. The highest BCUT2D eigenvalue weighted by Gasteiger charge is 2.20. The lowest BCUT2D eigenvalue weighted by molar-refractivity contribution is -0.137. The molecule has 0 saturated carbocycles. The molecule has 18 heavy (non-hydrogen) atoms. The minimum atomic E-state index is -1.21. The van der Waals surface area contributed by atoms with Crippen molar-refractivity contribution in [2.75, 3.05) is 13.1 Å². The quantitative estimate of drug-likeness (QED) is 0.876. The van der Waals surface area contributed by atoms with E-state index in [0.717, 1.165) is 11.0 Å². The Hall–Kier alpha value is -1.98. The molecule has 0 fully saturated rings. The summed E-state index contributed by atoms with van der Waals surface area (Å²) in [6.07, 6.45) is -0.240. The topological polar surface area (TPSA) is 57.6 Å². The van der Waals surface area contributed by atoms with Crippen LogP contribution in [0, 0.1) is 11.6 Å². The fraction of sp³-hybridized carbons (Fsp3) is 0.333. The molecule has 1 amide bonds. The van der Waals surface area contributed by atoms with Gasteiger partial charge in [0.05, 0.1) is 12.0 Å². The summed E-state index contributed by atoms with van der Waals surface area (Å²) in [7, 11) is 0. The van der Waals surface area contributed by atoms with Gasteiger partial charge < -0.3 is 10.0 Å². The fourth-order valence-electron chi connectivity index (χ4n) is 1.47. The number of aliphatic carboxylic acids is 1. The van der Waals surface area contributed by atoms with Gasteiger partial charge in [0.15, 0.2) is 11.6 Å². The number of nitrogens with zero attached hydrogens (tertiary/aromatic N) is 1. The average molecular weight is 257 g/mol. The number of rotatable bonds is 5. The number of carbonyl (C=O) groups excluding carboxylic acids is 1. The number of benzene rings is 1. The molecular weight excluding hydrogens is 244 g/mol. The summed E-state index contributed by atoms with van der Waals surface area (Å²) >= 11 is 0. The molecule has 6 heteroatoms. The van der Waals surface area contributed by atoms with Crippen molar-refractivity contribution in [1.29, 1.82) is 0 Å². The van der Waals surface area contributed by atoms with E-state index in [9.17, 15) is 18.4 Å². The summed E-state index contributed by atoms with van der Waals surface area (Å²) in [5.74, 6) is -4.08. The van der Waals surface area contributed by atoms with Crippen LogP contribution in [0.3, 0.4) is 0 Å². The van der Waals surface area contributed by atoms with Crippen LogP contribution in [0.5, 0.6) is 0 Å². The lowest BCUT2D eigenvalue weighted by atomic mass is 10.1. The summed E-state index contributed by atoms with van der Waals surface area (Å²) in [6.45, 7) is 1.82. The van der Waals surface area contributed by atoms with E-state index in [4.69, 9.17) is 5.11 Å². The van der Waals surface area contributed by atoms with Crippen LogP contribution in [0.1, 0.15) is 23.7 Å². The van der Waals surface area contributed by atoms with E-state index >= 15 is 0 Å². The van der Waals surface area contributed by atoms with E-state index in [2.05, 4.69) is 0 Å². The van der Waals surface area contributed by atoms with Gasteiger partial charge in [-0.25, -0.2) is 8.78 Å². The zero-order valence-electron chi connectivity index (χ0n) is 9.82. The standard InChI is InChI=1S/C12H13F2NO3/c1-2-15(7-6-10(16)17)12(18)8-4-3-5-9(13)11(8)14/h3-5H,2,6-7H2,1H3,(H,16,17). The third-order valence-electron chi connectivity index (χ3n) is 2.45. The molecule has 0 bridgehead atoms. The lowest BCUT2D eigenvalue weighted by Crippen LogP contribution is -2.33. The zero-order chi connectivity index (χ0) is 13.7. The monoisotopic (exact) mass is 257 g/mol. The van der Waals surface area contributed by atoms with Gasteiger partial charge in [0, 0.05) is 13.1 Å². The van der Waals surface area contributed by atoms with Gasteiger partial charge in [0.2, 0.25) is 0 Å². The highest BCUT2D eigenvalue weighted by molar-refractivity contribution is 5.94. The predicted octanol–water partition coefficient (Wildman–Crippen LogP) is 1.90. The van der Waals surface area contributed by atoms with Gasteiger partial charge in [0.25, 0.3) is 5.91 Å². The molecule has 0 atom stereocenters. The minimum Gasteiger partial charge on any atom is -0.481 e. The Labute approximate surface area is 103 Å². The molecule has 0 aromatic heterocycles. The molecular formula is C12H13F2NO3. The third kappa shape index (κ3) is 3.26. The molecule has 1 aromatic rings. The summed E-state index contributed by atoms with van der Waals surface area (Å²) in [6, 6.07) is 3.32. The maximum absolute atomic E-state index is 13.4. The first-order valence-corrected chi connectivity index (χ1v) is 5.42. The number of hydrogen-bond acceptors (Lipinski definition) is 2.